The minimum absolute atomic E-state index is 0.324. The number of hydrogen-bond acceptors (Lipinski definition) is 3. The average Bonchev–Trinajstić information content (AvgIpc) is 2.45. The first-order valence-electron chi connectivity index (χ1n) is 5.84. The lowest BCUT2D eigenvalue weighted by Gasteiger charge is -2.07. The van der Waals surface area contributed by atoms with Crippen molar-refractivity contribution in [2.75, 3.05) is 0 Å². The quantitative estimate of drug-likeness (QED) is 0.601. The van der Waals surface area contributed by atoms with Gasteiger partial charge in [-0.25, -0.2) is 12.5 Å². The summed E-state index contributed by atoms with van der Waals surface area (Å²) in [5.74, 6) is 2.05. The summed E-state index contributed by atoms with van der Waals surface area (Å²) in [7, 11) is 0. The van der Waals surface area contributed by atoms with E-state index in [1.54, 1.807) is 0 Å². The molecule has 0 radical (unpaired) electrons. The van der Waals surface area contributed by atoms with Gasteiger partial charge < -0.3 is 0 Å². The van der Waals surface area contributed by atoms with Gasteiger partial charge in [0.25, 0.3) is 0 Å². The van der Waals surface area contributed by atoms with E-state index in [4.69, 9.17) is 0 Å². The van der Waals surface area contributed by atoms with Gasteiger partial charge in [0.15, 0.2) is 0 Å². The fraction of sp³-hybridized carbons (Fsp3) is 0.143. The molecule has 0 aliphatic heterocycles. The third-order valence-electron chi connectivity index (χ3n) is 2.47. The second kappa shape index (κ2) is 7.87. The largest absolute Gasteiger partial charge is 0.338 e. The Hall–Kier alpha value is -0.445. The Morgan fingerprint density at radius 3 is 1.50 bits per heavy atom. The number of rotatable bonds is 6. The van der Waals surface area contributed by atoms with Gasteiger partial charge in [-0.2, -0.15) is 23.2 Å². The molecule has 0 heterocycles. The van der Waals surface area contributed by atoms with Crippen molar-refractivity contribution in [1.82, 2.24) is 0 Å². The molecule has 0 saturated heterocycles. The summed E-state index contributed by atoms with van der Waals surface area (Å²) in [5.41, 5.74) is 2.73. The van der Waals surface area contributed by atoms with Crippen LogP contribution in [-0.2, 0) is 11.5 Å². The Morgan fingerprint density at radius 2 is 1.11 bits per heavy atom. The molecule has 0 saturated carbocycles. The molecular formula is C14H15BS3. The van der Waals surface area contributed by atoms with Crippen LogP contribution in [0.25, 0.3) is 0 Å². The van der Waals surface area contributed by atoms with Crippen molar-refractivity contribution in [2.45, 2.75) is 11.5 Å². The lowest BCUT2D eigenvalue weighted by molar-refractivity contribution is 1.42. The Labute approximate surface area is 123 Å². The number of thiol groups is 1. The van der Waals surface area contributed by atoms with Crippen LogP contribution in [0.1, 0.15) is 11.1 Å². The van der Waals surface area contributed by atoms with Crippen LogP contribution in [0.4, 0.5) is 0 Å². The summed E-state index contributed by atoms with van der Waals surface area (Å²) in [6.45, 7) is 0. The first-order valence-corrected chi connectivity index (χ1v) is 8.45. The maximum Gasteiger partial charge on any atom is 0.338 e. The first kappa shape index (κ1) is 14.0. The average molecular weight is 290 g/mol. The third kappa shape index (κ3) is 5.05. The molecule has 0 nitrogen and oxygen atoms in total. The molecule has 92 valence electrons. The van der Waals surface area contributed by atoms with E-state index >= 15 is 0 Å². The van der Waals surface area contributed by atoms with Gasteiger partial charge in [-0.15, -0.1) is 0 Å². The zero-order valence-electron chi connectivity index (χ0n) is 10.0. The highest BCUT2D eigenvalue weighted by Gasteiger charge is 2.10. The summed E-state index contributed by atoms with van der Waals surface area (Å²) < 4.78 is 0.324. The van der Waals surface area contributed by atoms with E-state index in [1.807, 2.05) is 23.2 Å². The molecule has 2 aromatic carbocycles. The standard InChI is InChI=1S/C14H15BS3/c16-15(17-11-13-7-3-1-4-8-13)18-12-14-9-5-2-6-10-14/h1-10,16H,11-12H2. The van der Waals surface area contributed by atoms with Crippen LogP contribution in [0.2, 0.25) is 0 Å². The lowest BCUT2D eigenvalue weighted by atomic mass is 10.2. The SMILES string of the molecule is SB(SCc1ccccc1)SCc1ccccc1. The van der Waals surface area contributed by atoms with Crippen molar-refractivity contribution in [3.05, 3.63) is 71.8 Å². The van der Waals surface area contributed by atoms with Crippen molar-refractivity contribution in [2.24, 2.45) is 0 Å². The monoisotopic (exact) mass is 290 g/mol. The van der Waals surface area contributed by atoms with Crippen LogP contribution in [0.15, 0.2) is 60.7 Å². The van der Waals surface area contributed by atoms with Crippen LogP contribution in [0, 0.1) is 0 Å². The van der Waals surface area contributed by atoms with Gasteiger partial charge >= 0.3 is 4.55 Å². The third-order valence-corrected chi connectivity index (χ3v) is 5.75. The smallest absolute Gasteiger partial charge is 0.201 e. The molecule has 4 heteroatoms. The highest BCUT2D eigenvalue weighted by molar-refractivity contribution is 8.72. The van der Waals surface area contributed by atoms with Gasteiger partial charge in [0.2, 0.25) is 0 Å². The van der Waals surface area contributed by atoms with E-state index in [-0.39, 0.29) is 0 Å². The normalized spacial score (nSPS) is 10.3. The van der Waals surface area contributed by atoms with E-state index in [0.717, 1.165) is 11.5 Å². The minimum Gasteiger partial charge on any atom is -0.201 e. The molecule has 2 aromatic rings. The molecule has 0 aliphatic rings. The fourth-order valence-electron chi connectivity index (χ4n) is 1.53. The van der Waals surface area contributed by atoms with Gasteiger partial charge in [0.05, 0.1) is 0 Å². The lowest BCUT2D eigenvalue weighted by Crippen LogP contribution is -1.95. The zero-order valence-corrected chi connectivity index (χ0v) is 12.6. The Balaban J connectivity index is 1.71. The van der Waals surface area contributed by atoms with E-state index in [1.165, 1.54) is 11.1 Å². The predicted molar refractivity (Wildman–Crippen MR) is 90.2 cm³/mol. The predicted octanol–water partition coefficient (Wildman–Crippen LogP) is 4.77. The van der Waals surface area contributed by atoms with Crippen LogP contribution < -0.4 is 0 Å². The van der Waals surface area contributed by atoms with E-state index in [2.05, 4.69) is 73.1 Å². The molecular weight excluding hydrogens is 275 g/mol. The molecule has 2 rings (SSSR count). The summed E-state index contributed by atoms with van der Waals surface area (Å²) in [6, 6.07) is 21.1. The second-order valence-corrected chi connectivity index (χ2v) is 7.60. The highest BCUT2D eigenvalue weighted by Crippen LogP contribution is 2.28. The topological polar surface area (TPSA) is 0 Å². The molecule has 0 unspecified atom stereocenters. The highest BCUT2D eigenvalue weighted by atomic mass is 32.2. The Morgan fingerprint density at radius 1 is 0.722 bits per heavy atom. The van der Waals surface area contributed by atoms with E-state index < -0.39 is 0 Å². The van der Waals surface area contributed by atoms with Gasteiger partial charge in [0.1, 0.15) is 0 Å². The maximum atomic E-state index is 4.62. The summed E-state index contributed by atoms with van der Waals surface area (Å²) >= 11 is 8.37. The van der Waals surface area contributed by atoms with E-state index in [0.29, 0.717) is 4.55 Å². The summed E-state index contributed by atoms with van der Waals surface area (Å²) in [5, 5.41) is 0. The second-order valence-electron chi connectivity index (χ2n) is 3.90. The number of benzene rings is 2. The van der Waals surface area contributed by atoms with Crippen LogP contribution in [-0.4, -0.2) is 4.55 Å². The molecule has 0 aromatic heterocycles. The van der Waals surface area contributed by atoms with Crippen molar-refractivity contribution in [3.63, 3.8) is 0 Å². The van der Waals surface area contributed by atoms with Crippen molar-refractivity contribution >= 4 is 40.3 Å². The molecule has 0 aliphatic carbocycles. The molecule has 0 atom stereocenters. The molecule has 0 fully saturated rings. The summed E-state index contributed by atoms with van der Waals surface area (Å²) in [6.07, 6.45) is 0. The molecule has 0 N–H and O–H groups in total. The zero-order chi connectivity index (χ0) is 12.6. The molecule has 0 amide bonds. The van der Waals surface area contributed by atoms with Gasteiger partial charge in [-0.3, -0.25) is 0 Å². The van der Waals surface area contributed by atoms with Crippen LogP contribution in [0.3, 0.4) is 0 Å². The summed E-state index contributed by atoms with van der Waals surface area (Å²) in [4.78, 5) is 0. The van der Waals surface area contributed by atoms with Gasteiger partial charge in [0, 0.05) is 11.5 Å². The van der Waals surface area contributed by atoms with Gasteiger partial charge in [-0.1, -0.05) is 60.7 Å². The van der Waals surface area contributed by atoms with Crippen molar-refractivity contribution in [3.8, 4) is 0 Å². The number of hydrogen-bond donors (Lipinski definition) is 1. The Kier molecular flexibility index (Phi) is 6.11. The fourth-order valence-corrected chi connectivity index (χ4v) is 3.83. The minimum atomic E-state index is 0.324. The van der Waals surface area contributed by atoms with Crippen molar-refractivity contribution < 1.29 is 0 Å². The van der Waals surface area contributed by atoms with E-state index in [9.17, 15) is 0 Å². The maximum absolute atomic E-state index is 4.62. The van der Waals surface area contributed by atoms with Crippen molar-refractivity contribution in [1.29, 1.82) is 0 Å². The molecule has 0 bridgehead atoms. The molecule has 18 heavy (non-hydrogen) atoms. The Bertz CT molecular complexity index is 404. The van der Waals surface area contributed by atoms with Gasteiger partial charge in [-0.05, 0) is 11.1 Å². The van der Waals surface area contributed by atoms with Crippen LogP contribution in [0.5, 0.6) is 0 Å². The first-order chi connectivity index (χ1) is 8.84. The molecule has 0 spiro atoms. The van der Waals surface area contributed by atoms with Crippen LogP contribution >= 0.6 is 35.7 Å².